The van der Waals surface area contributed by atoms with Gasteiger partial charge in [0.1, 0.15) is 11.6 Å². The maximum Gasteiger partial charge on any atom is 0.127 e. The molecule has 1 atom stereocenters. The summed E-state index contributed by atoms with van der Waals surface area (Å²) in [7, 11) is 0. The molecule has 0 saturated carbocycles. The van der Waals surface area contributed by atoms with E-state index in [2.05, 4.69) is 0 Å². The molecule has 2 N–H and O–H groups in total. The Morgan fingerprint density at radius 2 is 1.94 bits per heavy atom. The predicted molar refractivity (Wildman–Crippen MR) is 60.6 cm³/mol. The van der Waals surface area contributed by atoms with Gasteiger partial charge in [-0.1, -0.05) is 6.07 Å². The molecule has 0 fully saturated rings. The van der Waals surface area contributed by atoms with E-state index >= 15 is 0 Å². The van der Waals surface area contributed by atoms with Crippen molar-refractivity contribution in [3.05, 3.63) is 58.8 Å². The van der Waals surface area contributed by atoms with Crippen LogP contribution in [0, 0.1) is 19.7 Å². The third-order valence-corrected chi connectivity index (χ3v) is 2.75. The van der Waals surface area contributed by atoms with E-state index in [-0.39, 0.29) is 11.9 Å². The third-order valence-electron chi connectivity index (χ3n) is 2.75. The Labute approximate surface area is 93.9 Å². The lowest BCUT2D eigenvalue weighted by Gasteiger charge is -2.13. The van der Waals surface area contributed by atoms with Gasteiger partial charge < -0.3 is 10.2 Å². The highest BCUT2D eigenvalue weighted by atomic mass is 19.1. The van der Waals surface area contributed by atoms with Crippen molar-refractivity contribution < 1.29 is 8.81 Å². The average molecular weight is 219 g/mol. The minimum Gasteiger partial charge on any atom is -0.467 e. The number of hydrogen-bond donors (Lipinski definition) is 1. The van der Waals surface area contributed by atoms with Gasteiger partial charge in [0.15, 0.2) is 0 Å². The molecule has 0 spiro atoms. The van der Waals surface area contributed by atoms with Crippen LogP contribution in [0.1, 0.15) is 28.5 Å². The molecule has 3 heteroatoms. The summed E-state index contributed by atoms with van der Waals surface area (Å²) in [5, 5.41) is 0. The van der Waals surface area contributed by atoms with Crippen LogP contribution in [0.3, 0.4) is 0 Å². The van der Waals surface area contributed by atoms with Crippen LogP contribution in [0.15, 0.2) is 34.9 Å². The molecule has 0 aliphatic carbocycles. The van der Waals surface area contributed by atoms with Crippen LogP contribution < -0.4 is 5.73 Å². The number of aryl methyl sites for hydroxylation is 2. The first-order valence-electron chi connectivity index (χ1n) is 5.15. The van der Waals surface area contributed by atoms with Gasteiger partial charge >= 0.3 is 0 Å². The number of benzene rings is 1. The highest BCUT2D eigenvalue weighted by Crippen LogP contribution is 2.26. The summed E-state index contributed by atoms with van der Waals surface area (Å²) >= 11 is 0. The third kappa shape index (κ3) is 1.86. The summed E-state index contributed by atoms with van der Waals surface area (Å²) in [6, 6.07) is 6.13. The van der Waals surface area contributed by atoms with Crippen molar-refractivity contribution in [2.45, 2.75) is 19.9 Å². The molecule has 2 rings (SSSR count). The van der Waals surface area contributed by atoms with E-state index in [4.69, 9.17) is 10.2 Å². The number of rotatable bonds is 2. The molecule has 0 aliphatic rings. The first-order chi connectivity index (χ1) is 7.59. The Morgan fingerprint density at radius 3 is 2.50 bits per heavy atom. The van der Waals surface area contributed by atoms with E-state index in [0.717, 1.165) is 22.5 Å². The molecule has 1 aromatic carbocycles. The largest absolute Gasteiger partial charge is 0.467 e. The quantitative estimate of drug-likeness (QED) is 0.843. The van der Waals surface area contributed by atoms with Gasteiger partial charge in [-0.3, -0.25) is 0 Å². The van der Waals surface area contributed by atoms with E-state index in [0.29, 0.717) is 0 Å². The van der Waals surface area contributed by atoms with E-state index in [1.807, 2.05) is 19.9 Å². The standard InChI is InChI=1S/C13H14FNO/c1-8-5-6-16-13(8)12(15)11-4-3-10(14)7-9(11)2/h3-7,12H,15H2,1-2H3. The summed E-state index contributed by atoms with van der Waals surface area (Å²) in [4.78, 5) is 0. The minimum atomic E-state index is -0.337. The van der Waals surface area contributed by atoms with Crippen LogP contribution in [0.4, 0.5) is 4.39 Å². The Balaban J connectivity index is 2.41. The van der Waals surface area contributed by atoms with Crippen molar-refractivity contribution in [3.63, 3.8) is 0 Å². The molecule has 0 radical (unpaired) electrons. The second-order valence-corrected chi connectivity index (χ2v) is 3.95. The fourth-order valence-corrected chi connectivity index (χ4v) is 1.83. The van der Waals surface area contributed by atoms with Crippen LogP contribution in [-0.2, 0) is 0 Å². The maximum absolute atomic E-state index is 13.0. The average Bonchev–Trinajstić information content (AvgIpc) is 2.63. The molecule has 84 valence electrons. The maximum atomic E-state index is 13.0. The summed E-state index contributed by atoms with van der Waals surface area (Å²) in [6.45, 7) is 3.79. The second kappa shape index (κ2) is 4.10. The van der Waals surface area contributed by atoms with Crippen LogP contribution in [0.5, 0.6) is 0 Å². The molecule has 0 aliphatic heterocycles. The van der Waals surface area contributed by atoms with Gasteiger partial charge in [-0.25, -0.2) is 4.39 Å². The fourth-order valence-electron chi connectivity index (χ4n) is 1.83. The van der Waals surface area contributed by atoms with E-state index < -0.39 is 0 Å². The van der Waals surface area contributed by atoms with Gasteiger partial charge in [0, 0.05) is 0 Å². The molecule has 0 amide bonds. The van der Waals surface area contributed by atoms with Crippen molar-refractivity contribution in [2.24, 2.45) is 5.73 Å². The lowest BCUT2D eigenvalue weighted by molar-refractivity contribution is 0.486. The molecule has 1 aromatic heterocycles. The lowest BCUT2D eigenvalue weighted by atomic mass is 9.98. The Hall–Kier alpha value is -1.61. The Bertz CT molecular complexity index is 504. The highest BCUT2D eigenvalue weighted by molar-refractivity contribution is 5.35. The van der Waals surface area contributed by atoms with Crippen LogP contribution >= 0.6 is 0 Å². The zero-order valence-corrected chi connectivity index (χ0v) is 9.33. The molecule has 1 unspecified atom stereocenters. The van der Waals surface area contributed by atoms with Crippen LogP contribution in [0.2, 0.25) is 0 Å². The van der Waals surface area contributed by atoms with Gasteiger partial charge in [0.25, 0.3) is 0 Å². The van der Waals surface area contributed by atoms with Crippen molar-refractivity contribution in [3.8, 4) is 0 Å². The molecule has 2 nitrogen and oxygen atoms in total. The summed E-state index contributed by atoms with van der Waals surface area (Å²) < 4.78 is 18.3. The molecule has 0 saturated heterocycles. The SMILES string of the molecule is Cc1cc(F)ccc1C(N)c1occc1C. The zero-order chi connectivity index (χ0) is 11.7. The van der Waals surface area contributed by atoms with Gasteiger partial charge in [0.2, 0.25) is 0 Å². The molecule has 16 heavy (non-hydrogen) atoms. The second-order valence-electron chi connectivity index (χ2n) is 3.95. The molecule has 0 bridgehead atoms. The summed E-state index contributed by atoms with van der Waals surface area (Å²) in [6.07, 6.45) is 1.61. The smallest absolute Gasteiger partial charge is 0.127 e. The zero-order valence-electron chi connectivity index (χ0n) is 9.33. The number of furan rings is 1. The van der Waals surface area contributed by atoms with Crippen molar-refractivity contribution >= 4 is 0 Å². The van der Waals surface area contributed by atoms with Gasteiger partial charge in [-0.2, -0.15) is 0 Å². The minimum absolute atomic E-state index is 0.246. The Morgan fingerprint density at radius 1 is 1.19 bits per heavy atom. The van der Waals surface area contributed by atoms with Crippen molar-refractivity contribution in [1.82, 2.24) is 0 Å². The van der Waals surface area contributed by atoms with E-state index in [1.165, 1.54) is 12.1 Å². The van der Waals surface area contributed by atoms with Crippen LogP contribution in [-0.4, -0.2) is 0 Å². The normalized spacial score (nSPS) is 12.8. The first kappa shape index (κ1) is 10.9. The van der Waals surface area contributed by atoms with Crippen LogP contribution in [0.25, 0.3) is 0 Å². The van der Waals surface area contributed by atoms with E-state index in [9.17, 15) is 4.39 Å². The van der Waals surface area contributed by atoms with Crippen molar-refractivity contribution in [2.75, 3.05) is 0 Å². The fraction of sp³-hybridized carbons (Fsp3) is 0.231. The summed E-state index contributed by atoms with van der Waals surface area (Å²) in [5.41, 5.74) is 8.83. The van der Waals surface area contributed by atoms with Gasteiger partial charge in [0.05, 0.1) is 12.3 Å². The molecular weight excluding hydrogens is 205 g/mol. The molecule has 1 heterocycles. The van der Waals surface area contributed by atoms with Gasteiger partial charge in [-0.15, -0.1) is 0 Å². The van der Waals surface area contributed by atoms with E-state index in [1.54, 1.807) is 12.3 Å². The molecule has 2 aromatic rings. The van der Waals surface area contributed by atoms with Gasteiger partial charge in [-0.05, 0) is 48.7 Å². The Kier molecular flexibility index (Phi) is 2.79. The monoisotopic (exact) mass is 219 g/mol. The number of hydrogen-bond acceptors (Lipinski definition) is 2. The topological polar surface area (TPSA) is 39.2 Å². The summed E-state index contributed by atoms with van der Waals surface area (Å²) in [5.74, 6) is 0.485. The highest BCUT2D eigenvalue weighted by Gasteiger charge is 2.16. The predicted octanol–water partition coefficient (Wildman–Crippen LogP) is 3.08. The molecular formula is C13H14FNO. The first-order valence-corrected chi connectivity index (χ1v) is 5.15. The lowest BCUT2D eigenvalue weighted by Crippen LogP contribution is -2.13. The number of nitrogens with two attached hydrogens (primary N) is 1. The van der Waals surface area contributed by atoms with Crippen molar-refractivity contribution in [1.29, 1.82) is 0 Å². The number of halogens is 1.